The zero-order valence-corrected chi connectivity index (χ0v) is 11.9. The summed E-state index contributed by atoms with van der Waals surface area (Å²) in [5.41, 5.74) is 2.72. The van der Waals surface area contributed by atoms with Crippen molar-refractivity contribution in [2.45, 2.75) is 62.8 Å². The van der Waals surface area contributed by atoms with E-state index >= 15 is 0 Å². The molecule has 4 rings (SSSR count). The molecule has 1 aliphatic heterocycles. The van der Waals surface area contributed by atoms with Crippen LogP contribution in [0.2, 0.25) is 0 Å². The molecule has 0 bridgehead atoms. The molecule has 1 saturated heterocycles. The van der Waals surface area contributed by atoms with E-state index < -0.39 is 0 Å². The first kappa shape index (κ1) is 12.8. The largest absolute Gasteiger partial charge is 0.348 e. The summed E-state index contributed by atoms with van der Waals surface area (Å²) in [5.74, 6) is -0.234. The molecule has 3 aliphatic rings. The van der Waals surface area contributed by atoms with Crippen LogP contribution in [-0.2, 0) is 22.3 Å². The summed E-state index contributed by atoms with van der Waals surface area (Å²) in [5, 5.41) is 11.1. The summed E-state index contributed by atoms with van der Waals surface area (Å²) in [7, 11) is 0. The van der Waals surface area contributed by atoms with Gasteiger partial charge in [-0.05, 0) is 37.7 Å². The van der Waals surface area contributed by atoms with E-state index in [9.17, 15) is 0 Å². The molecule has 0 amide bonds. The maximum atomic E-state index is 5.79. The first-order valence-corrected chi connectivity index (χ1v) is 7.88. The Bertz CT molecular complexity index is 457. The molecular weight excluding hydrogens is 254 g/mol. The van der Waals surface area contributed by atoms with Crippen molar-refractivity contribution in [1.82, 2.24) is 15.5 Å². The van der Waals surface area contributed by atoms with Crippen LogP contribution in [0.15, 0.2) is 6.20 Å². The normalized spacial score (nSPS) is 29.7. The predicted molar refractivity (Wildman–Crippen MR) is 74.4 cm³/mol. The van der Waals surface area contributed by atoms with E-state index in [0.29, 0.717) is 12.1 Å². The van der Waals surface area contributed by atoms with E-state index in [-0.39, 0.29) is 5.79 Å². The monoisotopic (exact) mass is 277 g/mol. The highest BCUT2D eigenvalue weighted by molar-refractivity contribution is 5.21. The van der Waals surface area contributed by atoms with Crippen LogP contribution in [0.4, 0.5) is 0 Å². The van der Waals surface area contributed by atoms with E-state index in [0.717, 1.165) is 51.7 Å². The number of aromatic amines is 1. The van der Waals surface area contributed by atoms with E-state index in [2.05, 4.69) is 15.5 Å². The molecule has 1 unspecified atom stereocenters. The van der Waals surface area contributed by atoms with Crippen molar-refractivity contribution in [1.29, 1.82) is 0 Å². The Morgan fingerprint density at radius 3 is 2.75 bits per heavy atom. The molecule has 5 nitrogen and oxygen atoms in total. The third-order valence-corrected chi connectivity index (χ3v) is 5.05. The fraction of sp³-hybridized carbons (Fsp3) is 0.800. The molecule has 1 saturated carbocycles. The minimum absolute atomic E-state index is 0.234. The topological polar surface area (TPSA) is 59.2 Å². The lowest BCUT2D eigenvalue weighted by atomic mass is 9.87. The van der Waals surface area contributed by atoms with Gasteiger partial charge in [-0.15, -0.1) is 0 Å². The second-order valence-electron chi connectivity index (χ2n) is 6.36. The number of aromatic nitrogens is 2. The van der Waals surface area contributed by atoms with Crippen molar-refractivity contribution >= 4 is 0 Å². The smallest absolute Gasteiger partial charge is 0.168 e. The molecule has 2 heterocycles. The van der Waals surface area contributed by atoms with Crippen LogP contribution in [0, 0.1) is 0 Å². The first-order valence-electron chi connectivity index (χ1n) is 7.88. The molecule has 1 aromatic heterocycles. The number of nitrogens with one attached hydrogen (secondary N) is 2. The Hall–Kier alpha value is -0.910. The third-order valence-electron chi connectivity index (χ3n) is 5.05. The summed E-state index contributed by atoms with van der Waals surface area (Å²) in [6.45, 7) is 1.54. The Balaban J connectivity index is 1.31. The van der Waals surface area contributed by atoms with Crippen LogP contribution < -0.4 is 5.32 Å². The molecule has 2 N–H and O–H groups in total. The van der Waals surface area contributed by atoms with E-state index in [1.54, 1.807) is 0 Å². The van der Waals surface area contributed by atoms with Gasteiger partial charge in [-0.1, -0.05) is 0 Å². The lowest BCUT2D eigenvalue weighted by Gasteiger charge is -2.37. The Kier molecular flexibility index (Phi) is 3.28. The van der Waals surface area contributed by atoms with Gasteiger partial charge in [0.05, 0.1) is 19.4 Å². The van der Waals surface area contributed by atoms with Crippen molar-refractivity contribution in [2.24, 2.45) is 0 Å². The summed E-state index contributed by atoms with van der Waals surface area (Å²) in [6, 6.07) is 1.22. The second kappa shape index (κ2) is 5.13. The lowest BCUT2D eigenvalue weighted by Crippen LogP contribution is -2.47. The number of hydrogen-bond acceptors (Lipinski definition) is 4. The summed E-state index contributed by atoms with van der Waals surface area (Å²) < 4.78 is 11.6. The van der Waals surface area contributed by atoms with Crippen molar-refractivity contribution in [3.05, 3.63) is 17.5 Å². The van der Waals surface area contributed by atoms with Crippen LogP contribution in [0.5, 0.6) is 0 Å². The van der Waals surface area contributed by atoms with Crippen LogP contribution in [0.1, 0.15) is 43.4 Å². The molecule has 1 aromatic rings. The number of nitrogens with zero attached hydrogens (tertiary/aromatic N) is 1. The molecule has 1 atom stereocenters. The minimum Gasteiger partial charge on any atom is -0.348 e. The first-order chi connectivity index (χ1) is 9.83. The van der Waals surface area contributed by atoms with Crippen LogP contribution in [-0.4, -0.2) is 41.3 Å². The van der Waals surface area contributed by atoms with Gasteiger partial charge >= 0.3 is 0 Å². The fourth-order valence-electron chi connectivity index (χ4n) is 3.90. The SMILES string of the molecule is c1n[nH]c2c1CC(NC1CCC3(CC1)OCCO3)CC2. The van der Waals surface area contributed by atoms with Crippen LogP contribution in [0.25, 0.3) is 0 Å². The predicted octanol–water partition coefficient (Wildman–Crippen LogP) is 1.54. The highest BCUT2D eigenvalue weighted by Gasteiger charge is 2.40. The molecular formula is C15H23N3O2. The zero-order valence-electron chi connectivity index (χ0n) is 11.9. The highest BCUT2D eigenvalue weighted by atomic mass is 16.7. The molecule has 5 heteroatoms. The fourth-order valence-corrected chi connectivity index (χ4v) is 3.90. The minimum atomic E-state index is -0.234. The standard InChI is InChI=1S/C15H23N3O2/c1-2-14-11(10-16-18-14)9-13(1)17-12-3-5-15(6-4-12)19-7-8-20-15/h10,12-13,17H,1-9H2,(H,16,18). The lowest BCUT2D eigenvalue weighted by molar-refractivity contribution is -0.179. The summed E-state index contributed by atoms with van der Waals surface area (Å²) >= 11 is 0. The van der Waals surface area contributed by atoms with Crippen LogP contribution >= 0.6 is 0 Å². The van der Waals surface area contributed by atoms with Gasteiger partial charge in [-0.25, -0.2) is 0 Å². The summed E-state index contributed by atoms with van der Waals surface area (Å²) in [4.78, 5) is 0. The Morgan fingerprint density at radius 2 is 1.95 bits per heavy atom. The van der Waals surface area contributed by atoms with Crippen molar-refractivity contribution in [3.63, 3.8) is 0 Å². The average molecular weight is 277 g/mol. The summed E-state index contributed by atoms with van der Waals surface area (Å²) in [6.07, 6.45) is 9.83. The maximum absolute atomic E-state index is 5.79. The van der Waals surface area contributed by atoms with Gasteiger partial charge in [-0.3, -0.25) is 5.10 Å². The molecule has 0 aromatic carbocycles. The molecule has 2 aliphatic carbocycles. The quantitative estimate of drug-likeness (QED) is 0.861. The van der Waals surface area contributed by atoms with Crippen molar-refractivity contribution in [2.75, 3.05) is 13.2 Å². The van der Waals surface area contributed by atoms with Crippen molar-refractivity contribution < 1.29 is 9.47 Å². The van der Waals surface area contributed by atoms with Gasteiger partial charge in [0.1, 0.15) is 0 Å². The molecule has 2 fully saturated rings. The van der Waals surface area contributed by atoms with Gasteiger partial charge in [0, 0.05) is 30.6 Å². The number of fused-ring (bicyclic) bond motifs is 1. The van der Waals surface area contributed by atoms with Crippen LogP contribution in [0.3, 0.4) is 0 Å². The van der Waals surface area contributed by atoms with Gasteiger partial charge in [0.25, 0.3) is 0 Å². The average Bonchev–Trinajstić information content (AvgIpc) is 3.11. The van der Waals surface area contributed by atoms with Crippen molar-refractivity contribution in [3.8, 4) is 0 Å². The van der Waals surface area contributed by atoms with Gasteiger partial charge < -0.3 is 14.8 Å². The van der Waals surface area contributed by atoms with E-state index in [1.165, 1.54) is 17.7 Å². The Labute approximate surface area is 119 Å². The number of hydrogen-bond donors (Lipinski definition) is 2. The third kappa shape index (κ3) is 2.38. The second-order valence-corrected chi connectivity index (χ2v) is 6.36. The van der Waals surface area contributed by atoms with Gasteiger partial charge in [-0.2, -0.15) is 5.10 Å². The van der Waals surface area contributed by atoms with E-state index in [1.807, 2.05) is 6.20 Å². The Morgan fingerprint density at radius 1 is 1.15 bits per heavy atom. The molecule has 20 heavy (non-hydrogen) atoms. The number of rotatable bonds is 2. The maximum Gasteiger partial charge on any atom is 0.168 e. The van der Waals surface area contributed by atoms with Gasteiger partial charge in [0.2, 0.25) is 0 Å². The molecule has 110 valence electrons. The van der Waals surface area contributed by atoms with Gasteiger partial charge in [0.15, 0.2) is 5.79 Å². The number of ether oxygens (including phenoxy) is 2. The number of aryl methyl sites for hydroxylation is 1. The highest BCUT2D eigenvalue weighted by Crippen LogP contribution is 2.36. The molecule has 0 radical (unpaired) electrons. The number of H-pyrrole nitrogens is 1. The zero-order chi connectivity index (χ0) is 13.4. The van der Waals surface area contributed by atoms with E-state index in [4.69, 9.17) is 9.47 Å². The molecule has 1 spiro atoms.